The second kappa shape index (κ2) is 9.06. The zero-order valence-corrected chi connectivity index (χ0v) is 19.8. The molecule has 1 amide bonds. The van der Waals surface area contributed by atoms with E-state index in [1.165, 1.54) is 0 Å². The molecule has 0 spiro atoms. The molecular formula is C25H27N5O3S. The molecule has 1 aromatic heterocycles. The van der Waals surface area contributed by atoms with Crippen LogP contribution in [0, 0.1) is 12.8 Å². The lowest BCUT2D eigenvalue weighted by Gasteiger charge is -2.33. The van der Waals surface area contributed by atoms with Gasteiger partial charge >= 0.3 is 0 Å². The largest absolute Gasteiger partial charge is 0.371 e. The molecular weight excluding hydrogens is 450 g/mol. The fraction of sp³-hybridized carbons (Fsp3) is 0.320. The first-order valence-corrected chi connectivity index (χ1v) is 12.9. The van der Waals surface area contributed by atoms with E-state index in [1.807, 2.05) is 25.3 Å². The first kappa shape index (κ1) is 22.3. The summed E-state index contributed by atoms with van der Waals surface area (Å²) in [6.45, 7) is 3.68. The number of pyridine rings is 1. The number of amides is 1. The average molecular weight is 478 g/mol. The Morgan fingerprint density at radius 3 is 2.56 bits per heavy atom. The van der Waals surface area contributed by atoms with Crippen LogP contribution in [0.25, 0.3) is 10.8 Å². The summed E-state index contributed by atoms with van der Waals surface area (Å²) >= 11 is 0. The molecule has 5 rings (SSSR count). The molecule has 0 bridgehead atoms. The highest BCUT2D eigenvalue weighted by Gasteiger charge is 2.31. The third-order valence-electron chi connectivity index (χ3n) is 6.50. The van der Waals surface area contributed by atoms with Gasteiger partial charge in [0.25, 0.3) is 10.0 Å². The van der Waals surface area contributed by atoms with Crippen molar-refractivity contribution in [3.05, 3.63) is 66.5 Å². The Morgan fingerprint density at radius 1 is 1.03 bits per heavy atom. The van der Waals surface area contributed by atoms with Gasteiger partial charge in [0, 0.05) is 54.3 Å². The summed E-state index contributed by atoms with van der Waals surface area (Å²) in [5, 5.41) is 9.34. The molecule has 0 unspecified atom stereocenters. The number of nitrogens with one attached hydrogen (secondary N) is 1. The number of piperidine rings is 1. The van der Waals surface area contributed by atoms with Crippen LogP contribution in [0.3, 0.4) is 0 Å². The van der Waals surface area contributed by atoms with Crippen molar-refractivity contribution in [3.63, 3.8) is 0 Å². The SMILES string of the molecule is Cc1ccc(S(=O)(=O)N2CCC(NC(=O)C3CCN(c4cccc5cnccc45)CC3)=N2)cc1. The van der Waals surface area contributed by atoms with Crippen molar-refractivity contribution < 1.29 is 13.2 Å². The molecule has 176 valence electrons. The van der Waals surface area contributed by atoms with E-state index < -0.39 is 10.0 Å². The maximum atomic E-state index is 12.9. The first-order valence-electron chi connectivity index (χ1n) is 11.5. The molecule has 0 atom stereocenters. The molecule has 9 heteroatoms. The van der Waals surface area contributed by atoms with Gasteiger partial charge in [0.15, 0.2) is 0 Å². The Balaban J connectivity index is 1.21. The summed E-state index contributed by atoms with van der Waals surface area (Å²) in [6, 6.07) is 14.9. The van der Waals surface area contributed by atoms with Gasteiger partial charge in [-0.2, -0.15) is 12.8 Å². The number of hydrazone groups is 1. The number of fused-ring (bicyclic) bond motifs is 1. The quantitative estimate of drug-likeness (QED) is 0.622. The average Bonchev–Trinajstić information content (AvgIpc) is 3.33. The van der Waals surface area contributed by atoms with Gasteiger partial charge in [-0.1, -0.05) is 29.8 Å². The van der Waals surface area contributed by atoms with Gasteiger partial charge < -0.3 is 10.2 Å². The van der Waals surface area contributed by atoms with Gasteiger partial charge in [0.05, 0.1) is 11.4 Å². The number of carbonyl (C=O) groups is 1. The van der Waals surface area contributed by atoms with E-state index in [2.05, 4.69) is 32.4 Å². The Hall–Kier alpha value is -3.46. The normalized spacial score (nSPS) is 17.1. The maximum Gasteiger partial charge on any atom is 0.279 e. The standard InChI is InChI=1S/C25H27N5O3S/c1-18-5-7-21(8-6-18)34(32,33)30-16-12-24(28-30)27-25(31)19-10-14-29(15-11-19)23-4-2-3-20-17-26-13-9-22(20)23/h2-9,13,17,19H,10-12,14-16H2,1H3,(H,27,28,31). The molecule has 3 aromatic rings. The summed E-state index contributed by atoms with van der Waals surface area (Å²) in [5.74, 6) is 0.193. The third-order valence-corrected chi connectivity index (χ3v) is 8.19. The van der Waals surface area contributed by atoms with Gasteiger partial charge in [-0.3, -0.25) is 9.78 Å². The van der Waals surface area contributed by atoms with E-state index >= 15 is 0 Å². The third kappa shape index (κ3) is 4.35. The van der Waals surface area contributed by atoms with Crippen molar-refractivity contribution in [1.29, 1.82) is 0 Å². The summed E-state index contributed by atoms with van der Waals surface area (Å²) in [6.07, 6.45) is 5.51. The zero-order valence-electron chi connectivity index (χ0n) is 19.0. The smallest absolute Gasteiger partial charge is 0.279 e. The number of anilines is 1. The van der Waals surface area contributed by atoms with Crippen LogP contribution in [-0.4, -0.2) is 49.2 Å². The molecule has 2 aromatic carbocycles. The van der Waals surface area contributed by atoms with Gasteiger partial charge in [-0.25, -0.2) is 0 Å². The number of sulfonamides is 1. The van der Waals surface area contributed by atoms with Crippen LogP contribution in [0.4, 0.5) is 5.69 Å². The number of rotatable bonds is 4. The zero-order chi connectivity index (χ0) is 23.7. The number of benzene rings is 2. The Morgan fingerprint density at radius 2 is 1.79 bits per heavy atom. The van der Waals surface area contributed by atoms with Crippen molar-refractivity contribution in [2.24, 2.45) is 11.0 Å². The van der Waals surface area contributed by atoms with Crippen LogP contribution in [-0.2, 0) is 14.8 Å². The van der Waals surface area contributed by atoms with Gasteiger partial charge in [-0.05, 0) is 44.0 Å². The molecule has 0 aliphatic carbocycles. The topological polar surface area (TPSA) is 95.0 Å². The molecule has 34 heavy (non-hydrogen) atoms. The summed E-state index contributed by atoms with van der Waals surface area (Å²) in [7, 11) is -3.72. The molecule has 0 radical (unpaired) electrons. The van der Waals surface area contributed by atoms with Crippen LogP contribution in [0.5, 0.6) is 0 Å². The predicted molar refractivity (Wildman–Crippen MR) is 132 cm³/mol. The lowest BCUT2D eigenvalue weighted by atomic mass is 9.95. The Labute approximate surface area is 199 Å². The van der Waals surface area contributed by atoms with Crippen molar-refractivity contribution in [1.82, 2.24) is 14.7 Å². The van der Waals surface area contributed by atoms with Crippen LogP contribution in [0.15, 0.2) is 70.9 Å². The molecule has 1 fully saturated rings. The fourth-order valence-corrected chi connectivity index (χ4v) is 5.80. The molecule has 0 saturated carbocycles. The minimum atomic E-state index is -3.72. The van der Waals surface area contributed by atoms with Crippen molar-refractivity contribution in [2.45, 2.75) is 31.1 Å². The summed E-state index contributed by atoms with van der Waals surface area (Å²) in [4.78, 5) is 19.6. The molecule has 3 heterocycles. The minimum absolute atomic E-state index is 0.0879. The first-order chi connectivity index (χ1) is 16.4. The number of aryl methyl sites for hydroxylation is 1. The monoisotopic (exact) mass is 477 g/mol. The predicted octanol–water partition coefficient (Wildman–Crippen LogP) is 3.28. The van der Waals surface area contributed by atoms with Gasteiger partial charge in [0.1, 0.15) is 5.84 Å². The van der Waals surface area contributed by atoms with E-state index in [9.17, 15) is 13.2 Å². The number of hydrogen-bond donors (Lipinski definition) is 1. The van der Waals surface area contributed by atoms with Gasteiger partial charge in [-0.15, -0.1) is 5.10 Å². The van der Waals surface area contributed by atoms with Crippen LogP contribution >= 0.6 is 0 Å². The van der Waals surface area contributed by atoms with Crippen molar-refractivity contribution >= 4 is 38.2 Å². The molecule has 1 N–H and O–H groups in total. The molecule has 2 aliphatic rings. The maximum absolute atomic E-state index is 12.9. The van der Waals surface area contributed by atoms with E-state index in [1.54, 1.807) is 30.5 Å². The highest BCUT2D eigenvalue weighted by Crippen LogP contribution is 2.30. The fourth-order valence-electron chi connectivity index (χ4n) is 4.54. The van der Waals surface area contributed by atoms with Crippen LogP contribution in [0.1, 0.15) is 24.8 Å². The Kier molecular flexibility index (Phi) is 5.95. The summed E-state index contributed by atoms with van der Waals surface area (Å²) in [5.41, 5.74) is 2.15. The summed E-state index contributed by atoms with van der Waals surface area (Å²) < 4.78 is 26.8. The van der Waals surface area contributed by atoms with E-state index in [4.69, 9.17) is 0 Å². The second-order valence-electron chi connectivity index (χ2n) is 8.79. The minimum Gasteiger partial charge on any atom is -0.371 e. The van der Waals surface area contributed by atoms with Crippen LogP contribution < -0.4 is 10.2 Å². The molecule has 8 nitrogen and oxygen atoms in total. The van der Waals surface area contributed by atoms with Gasteiger partial charge in [0.2, 0.25) is 5.91 Å². The number of amidine groups is 1. The molecule has 1 saturated heterocycles. The van der Waals surface area contributed by atoms with E-state index in [0.717, 1.165) is 52.4 Å². The number of hydrogen-bond acceptors (Lipinski definition) is 6. The van der Waals surface area contributed by atoms with E-state index in [0.29, 0.717) is 12.3 Å². The van der Waals surface area contributed by atoms with E-state index in [-0.39, 0.29) is 23.3 Å². The highest BCUT2D eigenvalue weighted by molar-refractivity contribution is 7.89. The number of aromatic nitrogens is 1. The van der Waals surface area contributed by atoms with Crippen molar-refractivity contribution in [2.75, 3.05) is 24.5 Å². The van der Waals surface area contributed by atoms with Crippen LogP contribution in [0.2, 0.25) is 0 Å². The number of nitrogens with zero attached hydrogens (tertiary/aromatic N) is 4. The second-order valence-corrected chi connectivity index (χ2v) is 10.6. The van der Waals surface area contributed by atoms with Crippen molar-refractivity contribution in [3.8, 4) is 0 Å². The lowest BCUT2D eigenvalue weighted by Crippen LogP contribution is -2.42. The lowest BCUT2D eigenvalue weighted by molar-refractivity contribution is -0.124. The highest BCUT2D eigenvalue weighted by atomic mass is 32.2. The number of carbonyl (C=O) groups excluding carboxylic acids is 1. The molecule has 2 aliphatic heterocycles. The Bertz CT molecular complexity index is 1340.